The van der Waals surface area contributed by atoms with E-state index in [9.17, 15) is 8.78 Å². The van der Waals surface area contributed by atoms with Crippen LogP contribution in [0.1, 0.15) is 37.4 Å². The summed E-state index contributed by atoms with van der Waals surface area (Å²) in [7, 11) is 0. The number of halogens is 2. The van der Waals surface area contributed by atoms with E-state index < -0.39 is 11.6 Å². The third-order valence-electron chi connectivity index (χ3n) is 3.98. The summed E-state index contributed by atoms with van der Waals surface area (Å²) in [5.74, 6) is 0.0702. The SMILES string of the molecule is NC1CCC(c2ncc(-c3ccc(F)cc3F)[nH]2)CC1. The van der Waals surface area contributed by atoms with Crippen LogP contribution in [0.4, 0.5) is 8.78 Å². The van der Waals surface area contributed by atoms with E-state index in [1.165, 1.54) is 12.1 Å². The quantitative estimate of drug-likeness (QED) is 0.884. The van der Waals surface area contributed by atoms with Crippen molar-refractivity contribution in [3.05, 3.63) is 41.9 Å². The predicted octanol–water partition coefficient (Wildman–Crippen LogP) is 3.34. The number of rotatable bonds is 2. The number of hydrogen-bond donors (Lipinski definition) is 2. The summed E-state index contributed by atoms with van der Waals surface area (Å²) >= 11 is 0. The van der Waals surface area contributed by atoms with Crippen molar-refractivity contribution in [2.24, 2.45) is 5.73 Å². The maximum Gasteiger partial charge on any atom is 0.135 e. The summed E-state index contributed by atoms with van der Waals surface area (Å²) < 4.78 is 26.7. The molecule has 2 aromatic rings. The van der Waals surface area contributed by atoms with Crippen LogP contribution < -0.4 is 5.73 Å². The van der Waals surface area contributed by atoms with Gasteiger partial charge in [-0.1, -0.05) is 0 Å². The molecule has 0 spiro atoms. The van der Waals surface area contributed by atoms with E-state index in [1.54, 1.807) is 6.20 Å². The minimum atomic E-state index is -0.578. The zero-order valence-corrected chi connectivity index (χ0v) is 11.1. The molecule has 106 valence electrons. The number of benzene rings is 1. The van der Waals surface area contributed by atoms with Crippen molar-refractivity contribution in [3.63, 3.8) is 0 Å². The highest BCUT2D eigenvalue weighted by Gasteiger charge is 2.22. The maximum atomic E-state index is 13.7. The number of aromatic amines is 1. The highest BCUT2D eigenvalue weighted by atomic mass is 19.1. The second-order valence-corrected chi connectivity index (χ2v) is 5.42. The maximum absolute atomic E-state index is 13.7. The fraction of sp³-hybridized carbons (Fsp3) is 0.400. The second-order valence-electron chi connectivity index (χ2n) is 5.42. The fourth-order valence-corrected chi connectivity index (χ4v) is 2.78. The van der Waals surface area contributed by atoms with Crippen LogP contribution in [0.15, 0.2) is 24.4 Å². The van der Waals surface area contributed by atoms with Crippen LogP contribution in [-0.2, 0) is 0 Å². The lowest BCUT2D eigenvalue weighted by Gasteiger charge is -2.24. The van der Waals surface area contributed by atoms with E-state index in [0.717, 1.165) is 37.6 Å². The zero-order chi connectivity index (χ0) is 14.1. The summed E-state index contributed by atoms with van der Waals surface area (Å²) in [6, 6.07) is 3.85. The van der Waals surface area contributed by atoms with Crippen LogP contribution in [0.5, 0.6) is 0 Å². The molecule has 1 aliphatic carbocycles. The van der Waals surface area contributed by atoms with E-state index in [4.69, 9.17) is 5.73 Å². The average Bonchev–Trinajstić information content (AvgIpc) is 2.89. The third kappa shape index (κ3) is 2.58. The van der Waals surface area contributed by atoms with Gasteiger partial charge in [0, 0.05) is 23.6 Å². The molecule has 5 heteroatoms. The summed E-state index contributed by atoms with van der Waals surface area (Å²) in [5.41, 5.74) is 6.82. The molecule has 3 nitrogen and oxygen atoms in total. The molecule has 3 N–H and O–H groups in total. The highest BCUT2D eigenvalue weighted by molar-refractivity contribution is 5.59. The zero-order valence-electron chi connectivity index (χ0n) is 11.1. The number of imidazole rings is 1. The summed E-state index contributed by atoms with van der Waals surface area (Å²) in [4.78, 5) is 7.51. The Hall–Kier alpha value is -1.75. The van der Waals surface area contributed by atoms with Gasteiger partial charge in [0.15, 0.2) is 0 Å². The third-order valence-corrected chi connectivity index (χ3v) is 3.98. The van der Waals surface area contributed by atoms with Gasteiger partial charge in [0.25, 0.3) is 0 Å². The molecular weight excluding hydrogens is 260 g/mol. The van der Waals surface area contributed by atoms with Gasteiger partial charge in [-0.05, 0) is 37.8 Å². The van der Waals surface area contributed by atoms with Gasteiger partial charge in [-0.2, -0.15) is 0 Å². The van der Waals surface area contributed by atoms with Crippen LogP contribution in [0.2, 0.25) is 0 Å². The number of nitrogens with zero attached hydrogens (tertiary/aromatic N) is 1. The van der Waals surface area contributed by atoms with Crippen molar-refractivity contribution in [1.29, 1.82) is 0 Å². The average molecular weight is 277 g/mol. The predicted molar refractivity (Wildman–Crippen MR) is 73.1 cm³/mol. The molecule has 1 saturated carbocycles. The Bertz CT molecular complexity index is 601. The lowest BCUT2D eigenvalue weighted by atomic mass is 9.86. The Morgan fingerprint density at radius 3 is 2.60 bits per heavy atom. The topological polar surface area (TPSA) is 54.7 Å². The number of aromatic nitrogens is 2. The van der Waals surface area contributed by atoms with E-state index in [1.807, 2.05) is 0 Å². The largest absolute Gasteiger partial charge is 0.342 e. The lowest BCUT2D eigenvalue weighted by Crippen LogP contribution is -2.26. The molecule has 0 amide bonds. The molecule has 1 aromatic heterocycles. The van der Waals surface area contributed by atoms with Crippen molar-refractivity contribution in [3.8, 4) is 11.3 Å². The minimum Gasteiger partial charge on any atom is -0.342 e. The number of H-pyrrole nitrogens is 1. The number of hydrogen-bond acceptors (Lipinski definition) is 2. The molecular formula is C15H17F2N3. The van der Waals surface area contributed by atoms with Crippen molar-refractivity contribution in [1.82, 2.24) is 9.97 Å². The normalized spacial score (nSPS) is 22.9. The molecule has 1 fully saturated rings. The van der Waals surface area contributed by atoms with Gasteiger partial charge in [0.2, 0.25) is 0 Å². The van der Waals surface area contributed by atoms with Gasteiger partial charge < -0.3 is 10.7 Å². The molecule has 0 atom stereocenters. The van der Waals surface area contributed by atoms with E-state index >= 15 is 0 Å². The number of nitrogens with one attached hydrogen (secondary N) is 1. The molecule has 0 aliphatic heterocycles. The first-order valence-electron chi connectivity index (χ1n) is 6.89. The Morgan fingerprint density at radius 2 is 1.90 bits per heavy atom. The molecule has 1 heterocycles. The van der Waals surface area contributed by atoms with Crippen LogP contribution in [0.3, 0.4) is 0 Å². The highest BCUT2D eigenvalue weighted by Crippen LogP contribution is 2.32. The van der Waals surface area contributed by atoms with Gasteiger partial charge in [-0.3, -0.25) is 0 Å². The smallest absolute Gasteiger partial charge is 0.135 e. The second kappa shape index (κ2) is 5.32. The first-order chi connectivity index (χ1) is 9.63. The monoisotopic (exact) mass is 277 g/mol. The van der Waals surface area contributed by atoms with Crippen molar-refractivity contribution < 1.29 is 8.78 Å². The van der Waals surface area contributed by atoms with Crippen molar-refractivity contribution >= 4 is 0 Å². The summed E-state index contributed by atoms with van der Waals surface area (Å²) in [6.07, 6.45) is 5.59. The summed E-state index contributed by atoms with van der Waals surface area (Å²) in [6.45, 7) is 0. The number of nitrogens with two attached hydrogens (primary N) is 1. The minimum absolute atomic E-state index is 0.287. The van der Waals surface area contributed by atoms with Gasteiger partial charge >= 0.3 is 0 Å². The molecule has 1 aromatic carbocycles. The molecule has 0 unspecified atom stereocenters. The fourth-order valence-electron chi connectivity index (χ4n) is 2.78. The lowest BCUT2D eigenvalue weighted by molar-refractivity contribution is 0.386. The van der Waals surface area contributed by atoms with Crippen LogP contribution >= 0.6 is 0 Å². The van der Waals surface area contributed by atoms with Crippen molar-refractivity contribution in [2.75, 3.05) is 0 Å². The summed E-state index contributed by atoms with van der Waals surface area (Å²) in [5, 5.41) is 0. The standard InChI is InChI=1S/C15H17F2N3/c16-10-3-6-12(13(17)7-10)14-8-19-15(20-14)9-1-4-11(18)5-2-9/h3,6-9,11H,1-2,4-5,18H2,(H,19,20). The van der Waals surface area contributed by atoms with Gasteiger partial charge in [-0.15, -0.1) is 0 Å². The van der Waals surface area contributed by atoms with Gasteiger partial charge in [0.1, 0.15) is 17.5 Å². The Morgan fingerprint density at radius 1 is 1.15 bits per heavy atom. The van der Waals surface area contributed by atoms with Crippen molar-refractivity contribution in [2.45, 2.75) is 37.6 Å². The van der Waals surface area contributed by atoms with Gasteiger partial charge in [-0.25, -0.2) is 13.8 Å². The van der Waals surface area contributed by atoms with E-state index in [-0.39, 0.29) is 6.04 Å². The first-order valence-corrected chi connectivity index (χ1v) is 6.89. The van der Waals surface area contributed by atoms with E-state index in [0.29, 0.717) is 17.2 Å². The Labute approximate surface area is 116 Å². The van der Waals surface area contributed by atoms with Gasteiger partial charge in [0.05, 0.1) is 11.9 Å². The molecule has 0 saturated heterocycles. The molecule has 3 rings (SSSR count). The van der Waals surface area contributed by atoms with E-state index in [2.05, 4.69) is 9.97 Å². The van der Waals surface area contributed by atoms with Crippen LogP contribution in [0, 0.1) is 11.6 Å². The molecule has 1 aliphatic rings. The molecule has 0 radical (unpaired) electrons. The van der Waals surface area contributed by atoms with Crippen LogP contribution in [0.25, 0.3) is 11.3 Å². The Kier molecular flexibility index (Phi) is 3.53. The first kappa shape index (κ1) is 13.2. The van der Waals surface area contributed by atoms with Crippen LogP contribution in [-0.4, -0.2) is 16.0 Å². The molecule has 20 heavy (non-hydrogen) atoms. The molecule has 0 bridgehead atoms. The Balaban J connectivity index is 1.83.